The number of aromatic nitrogens is 1. The Hall–Kier alpha value is -1.59. The van der Waals surface area contributed by atoms with Crippen LogP contribution in [0.15, 0.2) is 68.3 Å². The fourth-order valence-electron chi connectivity index (χ4n) is 6.02. The molecule has 3 aromatic rings. The quantitative estimate of drug-likeness (QED) is 0.197. The number of carboxylic acids is 1. The smallest absolute Gasteiger partial charge is 0.326 e. The molecule has 0 spiro atoms. The van der Waals surface area contributed by atoms with Crippen molar-refractivity contribution < 1.29 is 26.7 Å². The summed E-state index contributed by atoms with van der Waals surface area (Å²) in [5, 5.41) is 9.62. The van der Waals surface area contributed by atoms with Gasteiger partial charge in [-0.2, -0.15) is 9.03 Å². The van der Waals surface area contributed by atoms with Crippen LogP contribution in [-0.4, -0.2) is 68.2 Å². The third-order valence-corrected chi connectivity index (χ3v) is 15.9. The van der Waals surface area contributed by atoms with Crippen molar-refractivity contribution in [2.75, 3.05) is 31.1 Å². The average molecular weight is 839 g/mol. The van der Waals surface area contributed by atoms with Gasteiger partial charge in [-0.1, -0.05) is 70.7 Å². The highest BCUT2D eigenvalue weighted by Gasteiger charge is 2.33. The summed E-state index contributed by atoms with van der Waals surface area (Å²) < 4.78 is 57.1. The number of piperidine rings is 2. The van der Waals surface area contributed by atoms with E-state index in [1.54, 1.807) is 46.8 Å². The number of nitrogens with one attached hydrogen (secondary N) is 1. The van der Waals surface area contributed by atoms with E-state index >= 15 is 0 Å². The molecule has 0 radical (unpaired) electrons. The van der Waals surface area contributed by atoms with Gasteiger partial charge in [0.1, 0.15) is 25.3 Å². The van der Waals surface area contributed by atoms with E-state index < -0.39 is 32.1 Å². The molecule has 2 aliphatic rings. The second kappa shape index (κ2) is 15.3. The molecule has 2 fully saturated rings. The molecule has 0 bridgehead atoms. The SMILES string of the molecule is O=C(O)C(NS(=O)(=O)c1ccc(N2CCC(CCCC3CCN(S(=O)(=O)c4cc(Br)c(Cl)s4)CC3)C(Br)C2)nc1)c1ccccc1. The van der Waals surface area contributed by atoms with Gasteiger partial charge in [-0.05, 0) is 77.2 Å². The van der Waals surface area contributed by atoms with Crippen molar-refractivity contribution in [2.24, 2.45) is 11.8 Å². The summed E-state index contributed by atoms with van der Waals surface area (Å²) in [5.41, 5.74) is 0.333. The van der Waals surface area contributed by atoms with Gasteiger partial charge in [0.25, 0.3) is 10.0 Å². The summed E-state index contributed by atoms with van der Waals surface area (Å²) in [7, 11) is -7.64. The number of alkyl halides is 1. The number of hydrogen-bond donors (Lipinski definition) is 2. The molecule has 0 saturated carbocycles. The number of halogens is 3. The number of rotatable bonds is 12. The van der Waals surface area contributed by atoms with Crippen molar-refractivity contribution in [3.05, 3.63) is 69.1 Å². The van der Waals surface area contributed by atoms with Gasteiger partial charge in [0.2, 0.25) is 10.0 Å². The first-order chi connectivity index (χ1) is 21.8. The third kappa shape index (κ3) is 8.52. The molecule has 46 heavy (non-hydrogen) atoms. The van der Waals surface area contributed by atoms with E-state index in [4.69, 9.17) is 11.6 Å². The average Bonchev–Trinajstić information content (AvgIpc) is 3.39. The molecule has 2 aliphatic heterocycles. The van der Waals surface area contributed by atoms with Gasteiger partial charge in [-0.3, -0.25) is 4.79 Å². The van der Waals surface area contributed by atoms with Crippen molar-refractivity contribution in [1.29, 1.82) is 0 Å². The van der Waals surface area contributed by atoms with Gasteiger partial charge in [0, 0.05) is 41.7 Å². The van der Waals surface area contributed by atoms with Crippen LogP contribution >= 0.6 is 54.8 Å². The topological polar surface area (TPSA) is 137 Å². The molecule has 4 heterocycles. The number of pyridine rings is 1. The minimum absolute atomic E-state index is 0.101. The lowest BCUT2D eigenvalue weighted by Gasteiger charge is -2.37. The van der Waals surface area contributed by atoms with Crippen LogP contribution in [0.25, 0.3) is 0 Å². The van der Waals surface area contributed by atoms with Crippen LogP contribution in [0.2, 0.25) is 4.34 Å². The van der Waals surface area contributed by atoms with E-state index in [0.29, 0.717) is 45.1 Å². The Bertz CT molecular complexity index is 1700. The van der Waals surface area contributed by atoms with E-state index in [1.165, 1.54) is 12.3 Å². The van der Waals surface area contributed by atoms with Gasteiger partial charge in [0.05, 0.1) is 0 Å². The van der Waals surface area contributed by atoms with Crippen LogP contribution in [0, 0.1) is 11.8 Å². The first-order valence-electron chi connectivity index (χ1n) is 15.0. The number of anilines is 1. The predicted octanol–water partition coefficient (Wildman–Crippen LogP) is 6.52. The molecule has 3 atom stereocenters. The first-order valence-corrected chi connectivity index (χ1v) is 20.8. The monoisotopic (exact) mass is 836 g/mol. The molecule has 0 amide bonds. The van der Waals surface area contributed by atoms with Gasteiger partial charge in [-0.15, -0.1) is 11.3 Å². The van der Waals surface area contributed by atoms with Crippen molar-refractivity contribution in [2.45, 2.75) is 58.5 Å². The van der Waals surface area contributed by atoms with Crippen LogP contribution in [0.4, 0.5) is 5.82 Å². The Morgan fingerprint density at radius 3 is 2.37 bits per heavy atom. The largest absolute Gasteiger partial charge is 0.480 e. The zero-order valence-corrected chi connectivity index (χ0v) is 31.1. The number of carboxylic acid groups (broad SMARTS) is 1. The lowest BCUT2D eigenvalue weighted by Crippen LogP contribution is -2.41. The molecule has 5 rings (SSSR count). The predicted molar refractivity (Wildman–Crippen MR) is 187 cm³/mol. The summed E-state index contributed by atoms with van der Waals surface area (Å²) in [4.78, 5) is 18.5. The fraction of sp³-hybridized carbons (Fsp3) is 0.467. The molecular weight excluding hydrogens is 804 g/mol. The molecule has 1 aromatic carbocycles. The highest BCUT2D eigenvalue weighted by molar-refractivity contribution is 9.10. The molecule has 16 heteroatoms. The maximum absolute atomic E-state index is 13.0. The maximum atomic E-state index is 13.0. The lowest BCUT2D eigenvalue weighted by molar-refractivity contribution is -0.139. The Kier molecular flexibility index (Phi) is 11.9. The van der Waals surface area contributed by atoms with Crippen molar-refractivity contribution in [3.63, 3.8) is 0 Å². The molecule has 0 aliphatic carbocycles. The minimum atomic E-state index is -4.12. The number of carbonyl (C=O) groups is 1. The molecule has 2 saturated heterocycles. The van der Waals surface area contributed by atoms with E-state index in [2.05, 4.69) is 46.5 Å². The highest BCUT2D eigenvalue weighted by Crippen LogP contribution is 2.38. The number of benzene rings is 1. The summed E-state index contributed by atoms with van der Waals surface area (Å²) in [6.45, 7) is 2.57. The van der Waals surface area contributed by atoms with Crippen LogP contribution < -0.4 is 9.62 Å². The minimum Gasteiger partial charge on any atom is -0.480 e. The van der Waals surface area contributed by atoms with Crippen LogP contribution in [0.1, 0.15) is 50.1 Å². The summed E-state index contributed by atoms with van der Waals surface area (Å²) in [6, 6.07) is 11.4. The number of thiophene rings is 1. The molecule has 250 valence electrons. The number of hydrogen-bond acceptors (Lipinski definition) is 8. The Labute approximate surface area is 295 Å². The standard InChI is InChI=1S/C30H35Br2ClN4O6S3/c31-24-17-27(44-29(24)33)46(42,43)37-15-11-20(12-16-37)5-4-8-21-13-14-36(19-25(21)32)26-10-9-23(18-34-26)45(40,41)35-28(30(38)39)22-6-2-1-3-7-22/h1-3,6-7,9-10,17-18,20-21,25,28,35H,4-5,8,11-16,19H2,(H,38,39). The van der Waals surface area contributed by atoms with Gasteiger partial charge >= 0.3 is 5.97 Å². The maximum Gasteiger partial charge on any atom is 0.326 e. The van der Waals surface area contributed by atoms with Crippen molar-refractivity contribution in [3.8, 4) is 0 Å². The second-order valence-electron chi connectivity index (χ2n) is 11.6. The zero-order chi connectivity index (χ0) is 33.1. The molecule has 2 aromatic heterocycles. The van der Waals surface area contributed by atoms with E-state index in [9.17, 15) is 26.7 Å². The normalized spacial score (nSPS) is 20.9. The lowest BCUT2D eigenvalue weighted by atomic mass is 9.87. The van der Waals surface area contributed by atoms with Crippen molar-refractivity contribution >= 4 is 86.6 Å². The number of sulfonamides is 2. The first kappa shape index (κ1) is 35.7. The van der Waals surface area contributed by atoms with Crippen molar-refractivity contribution in [1.82, 2.24) is 14.0 Å². The summed E-state index contributed by atoms with van der Waals surface area (Å²) >= 11 is 14.3. The number of aliphatic carboxylic acids is 1. The molecule has 10 nitrogen and oxygen atoms in total. The van der Waals surface area contributed by atoms with Crippen LogP contribution in [0.3, 0.4) is 0 Å². The van der Waals surface area contributed by atoms with Gasteiger partial charge in [0.15, 0.2) is 0 Å². The highest BCUT2D eigenvalue weighted by atomic mass is 79.9. The van der Waals surface area contributed by atoms with Gasteiger partial charge in [-0.25, -0.2) is 21.8 Å². The zero-order valence-electron chi connectivity index (χ0n) is 24.8. The van der Waals surface area contributed by atoms with E-state index in [-0.39, 0.29) is 13.9 Å². The van der Waals surface area contributed by atoms with Gasteiger partial charge < -0.3 is 10.0 Å². The van der Waals surface area contributed by atoms with Crippen LogP contribution in [-0.2, 0) is 24.8 Å². The summed E-state index contributed by atoms with van der Waals surface area (Å²) in [5.74, 6) is 0.369. The Balaban J connectivity index is 1.07. The Morgan fingerprint density at radius 1 is 1.07 bits per heavy atom. The Morgan fingerprint density at radius 2 is 1.78 bits per heavy atom. The van der Waals surface area contributed by atoms with Crippen LogP contribution in [0.5, 0.6) is 0 Å². The van der Waals surface area contributed by atoms with E-state index in [1.807, 2.05) is 0 Å². The van der Waals surface area contributed by atoms with E-state index in [0.717, 1.165) is 63.0 Å². The summed E-state index contributed by atoms with van der Waals surface area (Å²) in [6.07, 6.45) is 7.16. The second-order valence-corrected chi connectivity index (χ2v) is 19.2. The third-order valence-electron chi connectivity index (χ3n) is 8.66. The molecule has 3 unspecified atom stereocenters. The molecule has 2 N–H and O–H groups in total. The fourth-order valence-corrected chi connectivity index (χ4v) is 11.9. The number of nitrogens with zero attached hydrogens (tertiary/aromatic N) is 3. The molecular formula is C30H35Br2ClN4O6S3.